The normalized spacial score (nSPS) is 11.4. The van der Waals surface area contributed by atoms with Crippen LogP contribution in [0.15, 0.2) is 54.9 Å². The van der Waals surface area contributed by atoms with Gasteiger partial charge in [0.15, 0.2) is 0 Å². The van der Waals surface area contributed by atoms with Gasteiger partial charge in [-0.05, 0) is 49.9 Å². The van der Waals surface area contributed by atoms with Gasteiger partial charge in [0.25, 0.3) is 0 Å². The lowest BCUT2D eigenvalue weighted by atomic mass is 10.1. The summed E-state index contributed by atoms with van der Waals surface area (Å²) in [5, 5.41) is 4.87. The molecule has 30 heavy (non-hydrogen) atoms. The number of hydrogen-bond acceptors (Lipinski definition) is 4. The fraction of sp³-hybridized carbons (Fsp3) is 0.200. The van der Waals surface area contributed by atoms with Gasteiger partial charge in [0, 0.05) is 28.0 Å². The molecule has 0 saturated carbocycles. The molecule has 0 amide bonds. The first-order valence-corrected chi connectivity index (χ1v) is 11.0. The quantitative estimate of drug-likeness (QED) is 0.350. The predicted molar refractivity (Wildman–Crippen MR) is 128 cm³/mol. The van der Waals surface area contributed by atoms with E-state index in [-0.39, 0.29) is 0 Å². The summed E-state index contributed by atoms with van der Waals surface area (Å²) in [6.45, 7) is 7.26. The van der Waals surface area contributed by atoms with Gasteiger partial charge < -0.3 is 10.3 Å². The van der Waals surface area contributed by atoms with Crippen molar-refractivity contribution >= 4 is 38.3 Å². The molecule has 5 rings (SSSR count). The predicted octanol–water partition coefficient (Wildman–Crippen LogP) is 6.42. The van der Waals surface area contributed by atoms with E-state index in [1.165, 1.54) is 43.7 Å². The van der Waals surface area contributed by atoms with Gasteiger partial charge in [-0.15, -0.1) is 11.3 Å². The standard InChI is InChI=1S/C25H24N4S/c1-15-6-4-8-18(12-15)22-13-21-24(30-22)25(28-14-27-21)26-11-10-19-17(3)29-23-16(2)7-5-9-20(19)23/h4-9,12-14,29H,10-11H2,1-3H3,(H,26,27,28). The summed E-state index contributed by atoms with van der Waals surface area (Å²) >= 11 is 1.75. The number of nitrogens with zero attached hydrogens (tertiary/aromatic N) is 2. The zero-order valence-electron chi connectivity index (χ0n) is 17.4. The fourth-order valence-corrected chi connectivity index (χ4v) is 5.17. The Kier molecular flexibility index (Phi) is 4.75. The van der Waals surface area contributed by atoms with Gasteiger partial charge in [-0.25, -0.2) is 9.97 Å². The molecule has 5 heteroatoms. The maximum Gasteiger partial charge on any atom is 0.147 e. The molecular formula is C25H24N4S. The minimum absolute atomic E-state index is 0.825. The highest BCUT2D eigenvalue weighted by molar-refractivity contribution is 7.22. The summed E-state index contributed by atoms with van der Waals surface area (Å²) < 4.78 is 1.11. The number of nitrogens with one attached hydrogen (secondary N) is 2. The number of aryl methyl sites for hydroxylation is 3. The second-order valence-electron chi connectivity index (χ2n) is 7.82. The highest BCUT2D eigenvalue weighted by atomic mass is 32.1. The molecule has 0 aliphatic rings. The Hall–Kier alpha value is -3.18. The minimum atomic E-state index is 0.825. The third-order valence-corrected chi connectivity index (χ3v) is 6.82. The van der Waals surface area contributed by atoms with Gasteiger partial charge in [0.2, 0.25) is 0 Å². The highest BCUT2D eigenvalue weighted by Gasteiger charge is 2.12. The molecule has 0 atom stereocenters. The molecule has 0 fully saturated rings. The molecule has 0 aliphatic carbocycles. The summed E-state index contributed by atoms with van der Waals surface area (Å²) in [5.41, 5.74) is 8.63. The van der Waals surface area contributed by atoms with Crippen LogP contribution in [0.5, 0.6) is 0 Å². The second-order valence-corrected chi connectivity index (χ2v) is 8.87. The van der Waals surface area contributed by atoms with Crippen LogP contribution in [0.25, 0.3) is 31.6 Å². The molecular weight excluding hydrogens is 388 g/mol. The Morgan fingerprint density at radius 1 is 1.00 bits per heavy atom. The number of H-pyrrole nitrogens is 1. The number of fused-ring (bicyclic) bond motifs is 2. The topological polar surface area (TPSA) is 53.6 Å². The van der Waals surface area contributed by atoms with Gasteiger partial charge in [-0.1, -0.05) is 48.0 Å². The molecule has 150 valence electrons. The average Bonchev–Trinajstić information content (AvgIpc) is 3.31. The van der Waals surface area contributed by atoms with Crippen molar-refractivity contribution in [2.45, 2.75) is 27.2 Å². The van der Waals surface area contributed by atoms with Gasteiger partial charge in [-0.2, -0.15) is 0 Å². The van der Waals surface area contributed by atoms with Gasteiger partial charge in [0.1, 0.15) is 12.1 Å². The van der Waals surface area contributed by atoms with E-state index in [1.807, 2.05) is 0 Å². The van der Waals surface area contributed by atoms with E-state index < -0.39 is 0 Å². The second kappa shape index (κ2) is 7.58. The van der Waals surface area contributed by atoms with Crippen molar-refractivity contribution < 1.29 is 0 Å². The Morgan fingerprint density at radius 2 is 1.87 bits per heavy atom. The van der Waals surface area contributed by atoms with E-state index in [0.29, 0.717) is 0 Å². The Bertz CT molecular complexity index is 1360. The molecule has 0 radical (unpaired) electrons. The maximum absolute atomic E-state index is 4.53. The molecule has 3 aromatic heterocycles. The van der Waals surface area contributed by atoms with Crippen LogP contribution < -0.4 is 5.32 Å². The number of anilines is 1. The van der Waals surface area contributed by atoms with Gasteiger partial charge >= 0.3 is 0 Å². The van der Waals surface area contributed by atoms with Crippen molar-refractivity contribution in [3.8, 4) is 10.4 Å². The van der Waals surface area contributed by atoms with Crippen molar-refractivity contribution in [3.63, 3.8) is 0 Å². The van der Waals surface area contributed by atoms with Gasteiger partial charge in [0.05, 0.1) is 10.2 Å². The van der Waals surface area contributed by atoms with E-state index in [2.05, 4.69) is 89.6 Å². The number of para-hydroxylation sites is 1. The van der Waals surface area contributed by atoms with E-state index in [4.69, 9.17) is 0 Å². The van der Waals surface area contributed by atoms with Crippen LogP contribution in [0.3, 0.4) is 0 Å². The van der Waals surface area contributed by atoms with Crippen LogP contribution in [-0.4, -0.2) is 21.5 Å². The first-order chi connectivity index (χ1) is 14.6. The zero-order valence-corrected chi connectivity index (χ0v) is 18.2. The Morgan fingerprint density at radius 3 is 2.73 bits per heavy atom. The Balaban J connectivity index is 1.40. The monoisotopic (exact) mass is 412 g/mol. The number of aromatic nitrogens is 3. The van der Waals surface area contributed by atoms with E-state index in [0.717, 1.165) is 29.0 Å². The summed E-state index contributed by atoms with van der Waals surface area (Å²) in [4.78, 5) is 13.8. The summed E-state index contributed by atoms with van der Waals surface area (Å²) in [6, 6.07) is 17.2. The highest BCUT2D eigenvalue weighted by Crippen LogP contribution is 2.36. The first kappa shape index (κ1) is 18.8. The summed E-state index contributed by atoms with van der Waals surface area (Å²) in [7, 11) is 0. The summed E-state index contributed by atoms with van der Waals surface area (Å²) in [5.74, 6) is 0.914. The minimum Gasteiger partial charge on any atom is -0.368 e. The van der Waals surface area contributed by atoms with Gasteiger partial charge in [-0.3, -0.25) is 0 Å². The molecule has 3 heterocycles. The third-order valence-electron chi connectivity index (χ3n) is 5.64. The molecule has 0 bridgehead atoms. The van der Waals surface area contributed by atoms with Crippen LogP contribution >= 0.6 is 11.3 Å². The van der Waals surface area contributed by atoms with E-state index in [9.17, 15) is 0 Å². The lowest BCUT2D eigenvalue weighted by Crippen LogP contribution is -2.07. The molecule has 0 aliphatic heterocycles. The lowest BCUT2D eigenvalue weighted by molar-refractivity contribution is 0.999. The van der Waals surface area contributed by atoms with Crippen molar-refractivity contribution in [1.82, 2.24) is 15.0 Å². The zero-order chi connectivity index (χ0) is 20.7. The van der Waals surface area contributed by atoms with E-state index >= 15 is 0 Å². The number of thiophene rings is 1. The number of aromatic amines is 1. The lowest BCUT2D eigenvalue weighted by Gasteiger charge is -2.07. The molecule has 0 saturated heterocycles. The molecule has 2 N–H and O–H groups in total. The molecule has 0 unspecified atom stereocenters. The van der Waals surface area contributed by atoms with Crippen LogP contribution in [0.1, 0.15) is 22.4 Å². The summed E-state index contributed by atoms with van der Waals surface area (Å²) in [6.07, 6.45) is 2.59. The van der Waals surface area contributed by atoms with Crippen molar-refractivity contribution in [2.24, 2.45) is 0 Å². The van der Waals surface area contributed by atoms with Crippen LogP contribution in [-0.2, 0) is 6.42 Å². The molecule has 5 aromatic rings. The number of rotatable bonds is 5. The first-order valence-electron chi connectivity index (χ1n) is 10.2. The van der Waals surface area contributed by atoms with Crippen molar-refractivity contribution in [3.05, 3.63) is 77.2 Å². The average molecular weight is 413 g/mol. The maximum atomic E-state index is 4.53. The van der Waals surface area contributed by atoms with Crippen LogP contribution in [0.4, 0.5) is 5.82 Å². The fourth-order valence-electron chi connectivity index (χ4n) is 4.10. The van der Waals surface area contributed by atoms with Crippen molar-refractivity contribution in [1.29, 1.82) is 0 Å². The molecule has 4 nitrogen and oxygen atoms in total. The smallest absolute Gasteiger partial charge is 0.147 e. The number of benzene rings is 2. The van der Waals surface area contributed by atoms with Crippen LogP contribution in [0, 0.1) is 20.8 Å². The van der Waals surface area contributed by atoms with Crippen LogP contribution in [0.2, 0.25) is 0 Å². The molecule has 0 spiro atoms. The largest absolute Gasteiger partial charge is 0.368 e. The third kappa shape index (κ3) is 3.35. The number of hydrogen-bond donors (Lipinski definition) is 2. The SMILES string of the molecule is Cc1cccc(-c2cc3ncnc(NCCc4c(C)[nH]c5c(C)cccc45)c3s2)c1. The van der Waals surface area contributed by atoms with E-state index in [1.54, 1.807) is 17.7 Å². The van der Waals surface area contributed by atoms with Crippen molar-refractivity contribution in [2.75, 3.05) is 11.9 Å². The molecule has 2 aromatic carbocycles. The Labute approximate surface area is 180 Å².